The van der Waals surface area contributed by atoms with Crippen LogP contribution < -0.4 is 9.64 Å². The van der Waals surface area contributed by atoms with Crippen LogP contribution in [0.15, 0.2) is 65.9 Å². The summed E-state index contributed by atoms with van der Waals surface area (Å²) in [6, 6.07) is 17.3. The first kappa shape index (κ1) is 16.6. The molecule has 2 aromatic carbocycles. The van der Waals surface area contributed by atoms with Gasteiger partial charge < -0.3 is 4.74 Å². The van der Waals surface area contributed by atoms with Gasteiger partial charge in [-0.3, -0.25) is 14.5 Å². The molecule has 2 aromatic rings. The van der Waals surface area contributed by atoms with E-state index in [1.807, 2.05) is 54.6 Å². The molecule has 0 aromatic heterocycles. The Balaban J connectivity index is 1.82. The van der Waals surface area contributed by atoms with Crippen LogP contribution in [-0.4, -0.2) is 18.8 Å². The van der Waals surface area contributed by atoms with E-state index in [4.69, 9.17) is 4.74 Å². The summed E-state index contributed by atoms with van der Waals surface area (Å²) in [5, 5.41) is 0. The largest absolute Gasteiger partial charge is 0.497 e. The second kappa shape index (κ2) is 6.79. The molecule has 1 unspecified atom stereocenters. The van der Waals surface area contributed by atoms with Gasteiger partial charge in [0.25, 0.3) is 0 Å². The van der Waals surface area contributed by atoms with Gasteiger partial charge in [0.05, 0.1) is 7.11 Å². The summed E-state index contributed by atoms with van der Waals surface area (Å²) < 4.78 is 5.21. The predicted molar refractivity (Wildman–Crippen MR) is 100 cm³/mol. The van der Waals surface area contributed by atoms with Crippen molar-refractivity contribution in [2.24, 2.45) is 0 Å². The minimum Gasteiger partial charge on any atom is -0.497 e. The lowest BCUT2D eigenvalue weighted by atomic mass is 9.77. The molecule has 0 fully saturated rings. The molecule has 4 heteroatoms. The fraction of sp³-hybridized carbons (Fsp3) is 0.273. The summed E-state index contributed by atoms with van der Waals surface area (Å²) in [5.41, 5.74) is 3.52. The molecule has 1 aliphatic heterocycles. The van der Waals surface area contributed by atoms with E-state index < -0.39 is 0 Å². The third-order valence-electron chi connectivity index (χ3n) is 5.21. The Hall–Kier alpha value is -2.88. The molecule has 26 heavy (non-hydrogen) atoms. The highest BCUT2D eigenvalue weighted by atomic mass is 16.5. The van der Waals surface area contributed by atoms with Gasteiger partial charge in [-0.1, -0.05) is 30.3 Å². The number of amides is 1. The number of allylic oxidation sites excluding steroid dienone is 2. The van der Waals surface area contributed by atoms with Crippen LogP contribution in [0.1, 0.15) is 37.2 Å². The molecule has 0 saturated heterocycles. The van der Waals surface area contributed by atoms with Crippen molar-refractivity contribution in [1.29, 1.82) is 0 Å². The summed E-state index contributed by atoms with van der Waals surface area (Å²) in [6.45, 7) is 0. The molecule has 132 valence electrons. The number of ether oxygens (including phenoxy) is 1. The maximum atomic E-state index is 13.0. The van der Waals surface area contributed by atoms with Crippen LogP contribution in [0.5, 0.6) is 5.75 Å². The Morgan fingerprint density at radius 2 is 1.69 bits per heavy atom. The first-order valence-electron chi connectivity index (χ1n) is 8.97. The third-order valence-corrected chi connectivity index (χ3v) is 5.21. The fourth-order valence-corrected chi connectivity index (χ4v) is 3.99. The van der Waals surface area contributed by atoms with E-state index in [2.05, 4.69) is 0 Å². The smallest absolute Gasteiger partial charge is 0.232 e. The number of hydrogen-bond donors (Lipinski definition) is 0. The molecule has 1 heterocycles. The number of carbonyl (C=O) groups excluding carboxylic acids is 2. The van der Waals surface area contributed by atoms with Crippen LogP contribution in [0.2, 0.25) is 0 Å². The van der Waals surface area contributed by atoms with Gasteiger partial charge >= 0.3 is 0 Å². The fourth-order valence-electron chi connectivity index (χ4n) is 3.99. The van der Waals surface area contributed by atoms with Crippen molar-refractivity contribution < 1.29 is 14.3 Å². The van der Waals surface area contributed by atoms with E-state index in [0.29, 0.717) is 12.8 Å². The molecule has 1 atom stereocenters. The number of hydrogen-bond acceptors (Lipinski definition) is 3. The average molecular weight is 347 g/mol. The van der Waals surface area contributed by atoms with Crippen molar-refractivity contribution in [3.05, 3.63) is 71.4 Å². The van der Waals surface area contributed by atoms with Gasteiger partial charge in [0.1, 0.15) is 5.75 Å². The maximum Gasteiger partial charge on any atom is 0.232 e. The first-order valence-corrected chi connectivity index (χ1v) is 8.97. The Labute approximate surface area is 153 Å². The minimum absolute atomic E-state index is 0.0393. The maximum absolute atomic E-state index is 13.0. The van der Waals surface area contributed by atoms with Crippen molar-refractivity contribution in [3.8, 4) is 5.75 Å². The number of carbonyl (C=O) groups is 2. The van der Waals surface area contributed by atoms with Gasteiger partial charge in [-0.05, 0) is 42.7 Å². The quantitative estimate of drug-likeness (QED) is 0.835. The second-order valence-electron chi connectivity index (χ2n) is 6.73. The lowest BCUT2D eigenvalue weighted by Crippen LogP contribution is -2.40. The first-order chi connectivity index (χ1) is 12.7. The molecular formula is C22H21NO3. The summed E-state index contributed by atoms with van der Waals surface area (Å²) in [6.07, 6.45) is 2.43. The minimum atomic E-state index is -0.138. The average Bonchev–Trinajstić information content (AvgIpc) is 2.68. The van der Waals surface area contributed by atoms with Crippen molar-refractivity contribution >= 4 is 17.4 Å². The van der Waals surface area contributed by atoms with Crippen LogP contribution in [0.25, 0.3) is 0 Å². The summed E-state index contributed by atoms with van der Waals surface area (Å²) >= 11 is 0. The van der Waals surface area contributed by atoms with Crippen LogP contribution in [-0.2, 0) is 9.59 Å². The van der Waals surface area contributed by atoms with Crippen molar-refractivity contribution in [1.82, 2.24) is 0 Å². The molecule has 2 aliphatic rings. The molecule has 4 rings (SSSR count). The van der Waals surface area contributed by atoms with E-state index in [1.165, 1.54) is 0 Å². The second-order valence-corrected chi connectivity index (χ2v) is 6.73. The monoisotopic (exact) mass is 347 g/mol. The summed E-state index contributed by atoms with van der Waals surface area (Å²) in [5.74, 6) is 0.818. The normalized spacial score (nSPS) is 20.2. The Kier molecular flexibility index (Phi) is 4.33. The standard InChI is InChI=1S/C22H21NO3/c1-26-17-12-10-16(11-13-17)23-19-8-5-9-20(24)22(19)18(14-21(23)25)15-6-3-2-4-7-15/h2-4,6-7,10-13,18H,5,8-9,14H2,1H3. The van der Waals surface area contributed by atoms with Gasteiger partial charge in [-0.15, -0.1) is 0 Å². The highest BCUT2D eigenvalue weighted by Gasteiger charge is 2.39. The van der Waals surface area contributed by atoms with Gasteiger partial charge in [0.2, 0.25) is 5.91 Å². The van der Waals surface area contributed by atoms with Gasteiger partial charge in [0, 0.05) is 35.7 Å². The zero-order chi connectivity index (χ0) is 18.1. The van der Waals surface area contributed by atoms with Gasteiger partial charge in [-0.2, -0.15) is 0 Å². The van der Waals surface area contributed by atoms with Crippen LogP contribution in [0, 0.1) is 0 Å². The Morgan fingerprint density at radius 1 is 0.962 bits per heavy atom. The van der Waals surface area contributed by atoms with Crippen molar-refractivity contribution in [3.63, 3.8) is 0 Å². The highest BCUT2D eigenvalue weighted by Crippen LogP contribution is 2.43. The molecule has 0 radical (unpaired) electrons. The van der Waals surface area contributed by atoms with Gasteiger partial charge in [-0.25, -0.2) is 0 Å². The van der Waals surface area contributed by atoms with E-state index in [-0.39, 0.29) is 17.6 Å². The number of ketones is 1. The Morgan fingerprint density at radius 3 is 2.38 bits per heavy atom. The van der Waals surface area contributed by atoms with E-state index in [1.54, 1.807) is 12.0 Å². The third kappa shape index (κ3) is 2.81. The number of rotatable bonds is 3. The van der Waals surface area contributed by atoms with Crippen molar-refractivity contribution in [2.45, 2.75) is 31.6 Å². The molecule has 1 amide bonds. The van der Waals surface area contributed by atoms with Gasteiger partial charge in [0.15, 0.2) is 5.78 Å². The van der Waals surface area contributed by atoms with Crippen molar-refractivity contribution in [2.75, 3.05) is 12.0 Å². The molecule has 0 saturated carbocycles. The van der Waals surface area contributed by atoms with Crippen LogP contribution >= 0.6 is 0 Å². The molecule has 0 N–H and O–H groups in total. The number of anilines is 1. The lowest BCUT2D eigenvalue weighted by molar-refractivity contribution is -0.119. The lowest BCUT2D eigenvalue weighted by Gasteiger charge is -2.38. The molecular weight excluding hydrogens is 326 g/mol. The zero-order valence-corrected chi connectivity index (χ0v) is 14.8. The number of nitrogens with zero attached hydrogens (tertiary/aromatic N) is 1. The predicted octanol–water partition coefficient (Wildman–Crippen LogP) is 4.22. The molecule has 1 aliphatic carbocycles. The van der Waals surface area contributed by atoms with E-state index in [9.17, 15) is 9.59 Å². The number of benzene rings is 2. The summed E-state index contributed by atoms with van der Waals surface area (Å²) in [7, 11) is 1.62. The van der Waals surface area contributed by atoms with E-state index in [0.717, 1.165) is 41.1 Å². The zero-order valence-electron chi connectivity index (χ0n) is 14.8. The number of Topliss-reactive ketones (excluding diaryl/α,β-unsaturated/α-hetero) is 1. The Bertz CT molecular complexity index is 868. The number of methoxy groups -OCH3 is 1. The van der Waals surface area contributed by atoms with Crippen LogP contribution in [0.4, 0.5) is 5.69 Å². The highest BCUT2D eigenvalue weighted by molar-refractivity contribution is 6.07. The van der Waals surface area contributed by atoms with Crippen LogP contribution in [0.3, 0.4) is 0 Å². The van der Waals surface area contributed by atoms with E-state index >= 15 is 0 Å². The SMILES string of the molecule is COc1ccc(N2C(=O)CC(c3ccccc3)C3=C2CCCC3=O)cc1. The summed E-state index contributed by atoms with van der Waals surface area (Å²) in [4.78, 5) is 27.6. The molecule has 4 nitrogen and oxygen atoms in total. The molecule has 0 bridgehead atoms. The molecule has 0 spiro atoms. The topological polar surface area (TPSA) is 46.6 Å².